The first-order valence-electron chi connectivity index (χ1n) is 5.70. The lowest BCUT2D eigenvalue weighted by Crippen LogP contribution is -2.33. The molecule has 0 amide bonds. The first-order chi connectivity index (χ1) is 6.81. The number of allylic oxidation sites excluding steroid dienone is 1. The highest BCUT2D eigenvalue weighted by atomic mass is 15.2. The smallest absolute Gasteiger partial charge is 0.0677 e. The number of rotatable bonds is 3. The Hall–Kier alpha value is -0.920. The lowest BCUT2D eigenvalue weighted by molar-refractivity contribution is 0.294. The van der Waals surface area contributed by atoms with Crippen LogP contribution in [0.2, 0.25) is 0 Å². The molecule has 2 nitrogen and oxygen atoms in total. The van der Waals surface area contributed by atoms with E-state index in [2.05, 4.69) is 38.8 Å². The van der Waals surface area contributed by atoms with Gasteiger partial charge in [-0.3, -0.25) is 0 Å². The van der Waals surface area contributed by atoms with Gasteiger partial charge in [0.15, 0.2) is 0 Å². The van der Waals surface area contributed by atoms with Crippen LogP contribution in [0.5, 0.6) is 0 Å². The largest absolute Gasteiger partial charge is 0.401 e. The first-order valence-corrected chi connectivity index (χ1v) is 5.70. The van der Waals surface area contributed by atoms with Crippen molar-refractivity contribution < 1.29 is 0 Å². The van der Waals surface area contributed by atoms with Crippen LogP contribution in [0.15, 0.2) is 24.6 Å². The lowest BCUT2D eigenvalue weighted by atomic mass is 9.90. The predicted molar refractivity (Wildman–Crippen MR) is 66.3 cm³/mol. The zero-order chi connectivity index (χ0) is 11.6. The van der Waals surface area contributed by atoms with Gasteiger partial charge in [-0.25, -0.2) is 0 Å². The van der Waals surface area contributed by atoms with Gasteiger partial charge < -0.3 is 10.6 Å². The molecule has 15 heavy (non-hydrogen) atoms. The molecular weight excluding hydrogens is 184 g/mol. The summed E-state index contributed by atoms with van der Waals surface area (Å²) in [5.74, 6) is 0. The molecule has 0 aromatic rings. The summed E-state index contributed by atoms with van der Waals surface area (Å²) in [6, 6.07) is 0.319. The van der Waals surface area contributed by atoms with Crippen LogP contribution in [-0.4, -0.2) is 17.5 Å². The maximum atomic E-state index is 5.81. The summed E-state index contributed by atoms with van der Waals surface area (Å²) in [5, 5.41) is 0. The van der Waals surface area contributed by atoms with Gasteiger partial charge in [-0.15, -0.1) is 0 Å². The fraction of sp³-hybridized carbons (Fsp3) is 0.692. The monoisotopic (exact) mass is 208 g/mol. The quantitative estimate of drug-likeness (QED) is 0.772. The molecule has 86 valence electrons. The van der Waals surface area contributed by atoms with E-state index in [1.165, 1.54) is 12.1 Å². The van der Waals surface area contributed by atoms with Crippen LogP contribution in [-0.2, 0) is 0 Å². The van der Waals surface area contributed by atoms with Crippen molar-refractivity contribution in [1.29, 1.82) is 0 Å². The van der Waals surface area contributed by atoms with Crippen molar-refractivity contribution in [3.05, 3.63) is 24.6 Å². The minimum absolute atomic E-state index is 0.292. The van der Waals surface area contributed by atoms with Gasteiger partial charge in [-0.2, -0.15) is 0 Å². The molecule has 0 radical (unpaired) electrons. The Kier molecular flexibility index (Phi) is 3.48. The second-order valence-electron chi connectivity index (χ2n) is 5.73. The summed E-state index contributed by atoms with van der Waals surface area (Å²) >= 11 is 0. The van der Waals surface area contributed by atoms with Crippen LogP contribution in [0.1, 0.15) is 40.0 Å². The summed E-state index contributed by atoms with van der Waals surface area (Å²) in [6.45, 7) is 15.8. The predicted octanol–water partition coefficient (Wildman–Crippen LogP) is 2.87. The van der Waals surface area contributed by atoms with Crippen molar-refractivity contribution in [1.82, 2.24) is 4.90 Å². The van der Waals surface area contributed by atoms with E-state index in [9.17, 15) is 0 Å². The summed E-state index contributed by atoms with van der Waals surface area (Å²) in [4.78, 5) is 2.33. The lowest BCUT2D eigenvalue weighted by Gasteiger charge is -2.32. The first kappa shape index (κ1) is 12.2. The van der Waals surface area contributed by atoms with E-state index in [-0.39, 0.29) is 0 Å². The second-order valence-corrected chi connectivity index (χ2v) is 5.73. The van der Waals surface area contributed by atoms with E-state index in [4.69, 9.17) is 5.73 Å². The van der Waals surface area contributed by atoms with E-state index >= 15 is 0 Å². The Morgan fingerprint density at radius 2 is 2.00 bits per heavy atom. The van der Waals surface area contributed by atoms with Gasteiger partial charge in [-0.05, 0) is 24.7 Å². The Morgan fingerprint density at radius 1 is 1.40 bits per heavy atom. The van der Waals surface area contributed by atoms with Gasteiger partial charge in [0.05, 0.1) is 6.04 Å². The van der Waals surface area contributed by atoms with Crippen LogP contribution < -0.4 is 5.73 Å². The molecule has 1 saturated heterocycles. The molecule has 1 rings (SSSR count). The number of hydrogen-bond donors (Lipinski definition) is 1. The van der Waals surface area contributed by atoms with Crippen LogP contribution in [0.3, 0.4) is 0 Å². The van der Waals surface area contributed by atoms with Crippen molar-refractivity contribution in [3.8, 4) is 0 Å². The Morgan fingerprint density at radius 3 is 2.47 bits per heavy atom. The van der Waals surface area contributed by atoms with Gasteiger partial charge in [0.25, 0.3) is 0 Å². The topological polar surface area (TPSA) is 29.3 Å². The minimum Gasteiger partial charge on any atom is -0.401 e. The Balaban J connectivity index is 2.63. The molecule has 0 bridgehead atoms. The molecular formula is C13H24N2. The van der Waals surface area contributed by atoms with Crippen LogP contribution in [0.25, 0.3) is 0 Å². The fourth-order valence-electron chi connectivity index (χ4n) is 2.24. The average molecular weight is 208 g/mol. The molecule has 1 atom stereocenters. The normalized spacial score (nSPS) is 21.8. The molecule has 1 aliphatic rings. The van der Waals surface area contributed by atoms with Crippen molar-refractivity contribution in [3.63, 3.8) is 0 Å². The van der Waals surface area contributed by atoms with E-state index in [1.54, 1.807) is 0 Å². The number of likely N-dealkylation sites (tertiary alicyclic amines) is 1. The highest BCUT2D eigenvalue weighted by Gasteiger charge is 2.28. The standard InChI is InChI=1S/C13H24N2/c1-10(9-13(3,4)5)15-8-6-7-12(15)11(2)14/h12H,1-2,6-9,14H2,3-5H3. The SMILES string of the molecule is C=C(N)C1CCCN1C(=C)CC(C)(C)C. The van der Waals surface area contributed by atoms with Crippen molar-refractivity contribution in [2.24, 2.45) is 11.1 Å². The van der Waals surface area contributed by atoms with E-state index in [1.807, 2.05) is 0 Å². The minimum atomic E-state index is 0.292. The van der Waals surface area contributed by atoms with Crippen molar-refractivity contribution in [2.45, 2.75) is 46.1 Å². The third-order valence-electron chi connectivity index (χ3n) is 2.82. The summed E-state index contributed by atoms with van der Waals surface area (Å²) < 4.78 is 0. The van der Waals surface area contributed by atoms with E-state index in [0.29, 0.717) is 11.5 Å². The molecule has 0 saturated carbocycles. The van der Waals surface area contributed by atoms with Gasteiger partial charge in [0.2, 0.25) is 0 Å². The molecule has 1 fully saturated rings. The molecule has 2 heteroatoms. The number of hydrogen-bond acceptors (Lipinski definition) is 2. The molecule has 1 unspecified atom stereocenters. The van der Waals surface area contributed by atoms with Gasteiger partial charge in [-0.1, -0.05) is 33.9 Å². The van der Waals surface area contributed by atoms with Crippen molar-refractivity contribution in [2.75, 3.05) is 6.54 Å². The maximum absolute atomic E-state index is 5.81. The molecule has 1 aliphatic heterocycles. The van der Waals surface area contributed by atoms with Gasteiger partial charge in [0, 0.05) is 17.9 Å². The van der Waals surface area contributed by atoms with Crippen LogP contribution in [0.4, 0.5) is 0 Å². The molecule has 0 aliphatic carbocycles. The number of nitrogens with two attached hydrogens (primary N) is 1. The zero-order valence-corrected chi connectivity index (χ0v) is 10.3. The maximum Gasteiger partial charge on any atom is 0.0677 e. The number of nitrogens with zero attached hydrogens (tertiary/aromatic N) is 1. The molecule has 0 aromatic carbocycles. The second kappa shape index (κ2) is 4.30. The molecule has 0 aromatic heterocycles. The summed E-state index contributed by atoms with van der Waals surface area (Å²) in [6.07, 6.45) is 3.35. The van der Waals surface area contributed by atoms with Gasteiger partial charge in [0.1, 0.15) is 0 Å². The highest BCUT2D eigenvalue weighted by Crippen LogP contribution is 2.31. The fourth-order valence-corrected chi connectivity index (χ4v) is 2.24. The van der Waals surface area contributed by atoms with Crippen LogP contribution >= 0.6 is 0 Å². The molecule has 0 spiro atoms. The Labute approximate surface area is 93.8 Å². The van der Waals surface area contributed by atoms with Crippen molar-refractivity contribution >= 4 is 0 Å². The van der Waals surface area contributed by atoms with E-state index in [0.717, 1.165) is 25.1 Å². The molecule has 1 heterocycles. The summed E-state index contributed by atoms with van der Waals surface area (Å²) in [7, 11) is 0. The molecule has 2 N–H and O–H groups in total. The van der Waals surface area contributed by atoms with Crippen LogP contribution in [0, 0.1) is 5.41 Å². The highest BCUT2D eigenvalue weighted by molar-refractivity contribution is 5.11. The van der Waals surface area contributed by atoms with E-state index < -0.39 is 0 Å². The zero-order valence-electron chi connectivity index (χ0n) is 10.3. The Bertz CT molecular complexity index is 260. The summed E-state index contributed by atoms with van der Waals surface area (Å²) in [5.41, 5.74) is 8.09. The third kappa shape index (κ3) is 3.29. The third-order valence-corrected chi connectivity index (χ3v) is 2.82. The average Bonchev–Trinajstić information content (AvgIpc) is 2.47. The van der Waals surface area contributed by atoms with Gasteiger partial charge >= 0.3 is 0 Å².